The van der Waals surface area contributed by atoms with Gasteiger partial charge in [0.05, 0.1) is 4.34 Å². The van der Waals surface area contributed by atoms with Gasteiger partial charge in [-0.05, 0) is 31.4 Å². The highest BCUT2D eigenvalue weighted by Crippen LogP contribution is 2.34. The standard InChI is InChI=1S/C12H17Cl2NO2S2/c1-9-7-10(18-11(9)14)19(16,17)15-12(8-13)5-3-2-4-6-12/h7,15H,2-6,8H2,1H3. The van der Waals surface area contributed by atoms with Crippen molar-refractivity contribution in [2.45, 2.75) is 48.8 Å². The summed E-state index contributed by atoms with van der Waals surface area (Å²) in [5, 5.41) is 0. The first-order chi connectivity index (χ1) is 8.88. The molecule has 1 aromatic heterocycles. The van der Waals surface area contributed by atoms with Crippen LogP contribution in [0.25, 0.3) is 0 Å². The van der Waals surface area contributed by atoms with Crippen molar-refractivity contribution < 1.29 is 8.42 Å². The first-order valence-corrected chi connectivity index (χ1v) is 9.46. The Kier molecular flexibility index (Phi) is 4.83. The molecule has 3 nitrogen and oxygen atoms in total. The monoisotopic (exact) mass is 341 g/mol. The minimum Gasteiger partial charge on any atom is -0.206 e. The first kappa shape index (κ1) is 15.6. The third kappa shape index (κ3) is 3.45. The predicted molar refractivity (Wildman–Crippen MR) is 80.9 cm³/mol. The van der Waals surface area contributed by atoms with Crippen LogP contribution in [0.1, 0.15) is 37.7 Å². The van der Waals surface area contributed by atoms with E-state index in [9.17, 15) is 8.42 Å². The van der Waals surface area contributed by atoms with E-state index in [4.69, 9.17) is 23.2 Å². The fourth-order valence-electron chi connectivity index (χ4n) is 2.39. The van der Waals surface area contributed by atoms with Crippen molar-refractivity contribution in [3.63, 3.8) is 0 Å². The minimum absolute atomic E-state index is 0.269. The second-order valence-corrected chi connectivity index (χ2v) is 8.93. The van der Waals surface area contributed by atoms with Crippen LogP contribution in [-0.4, -0.2) is 19.8 Å². The van der Waals surface area contributed by atoms with Crippen molar-refractivity contribution in [1.82, 2.24) is 4.72 Å². The van der Waals surface area contributed by atoms with Gasteiger partial charge in [0.1, 0.15) is 4.21 Å². The second kappa shape index (κ2) is 5.90. The first-order valence-electron chi connectivity index (χ1n) is 6.24. The number of hydrogen-bond acceptors (Lipinski definition) is 3. The minimum atomic E-state index is -3.53. The van der Waals surface area contributed by atoms with Gasteiger partial charge in [0.25, 0.3) is 10.0 Å². The molecule has 0 saturated heterocycles. The topological polar surface area (TPSA) is 46.2 Å². The van der Waals surface area contributed by atoms with Crippen LogP contribution in [0.4, 0.5) is 0 Å². The van der Waals surface area contributed by atoms with Crippen LogP contribution >= 0.6 is 34.5 Å². The van der Waals surface area contributed by atoms with Crippen molar-refractivity contribution in [2.24, 2.45) is 0 Å². The zero-order valence-electron chi connectivity index (χ0n) is 10.7. The van der Waals surface area contributed by atoms with Crippen LogP contribution in [0.2, 0.25) is 4.34 Å². The number of rotatable bonds is 4. The van der Waals surface area contributed by atoms with E-state index in [2.05, 4.69) is 4.72 Å². The third-order valence-corrected chi connectivity index (χ3v) is 7.64. The molecule has 0 unspecified atom stereocenters. The van der Waals surface area contributed by atoms with Crippen LogP contribution in [-0.2, 0) is 10.0 Å². The highest BCUT2D eigenvalue weighted by atomic mass is 35.5. The molecule has 1 saturated carbocycles. The van der Waals surface area contributed by atoms with E-state index in [0.717, 1.165) is 49.0 Å². The molecule has 1 N–H and O–H groups in total. The van der Waals surface area contributed by atoms with Gasteiger partial charge in [-0.25, -0.2) is 13.1 Å². The Hall–Kier alpha value is 0.190. The van der Waals surface area contributed by atoms with Gasteiger partial charge in [-0.2, -0.15) is 0 Å². The molecule has 0 aliphatic heterocycles. The maximum Gasteiger partial charge on any atom is 0.250 e. The van der Waals surface area contributed by atoms with E-state index in [-0.39, 0.29) is 4.21 Å². The van der Waals surface area contributed by atoms with Gasteiger partial charge in [0.2, 0.25) is 0 Å². The number of halogens is 2. The van der Waals surface area contributed by atoms with Crippen molar-refractivity contribution in [3.8, 4) is 0 Å². The Morgan fingerprint density at radius 1 is 1.37 bits per heavy atom. The number of sulfonamides is 1. The summed E-state index contributed by atoms with van der Waals surface area (Å²) < 4.78 is 28.4. The molecular formula is C12H17Cl2NO2S2. The molecule has 1 heterocycles. The second-order valence-electron chi connectivity index (χ2n) is 5.10. The van der Waals surface area contributed by atoms with E-state index < -0.39 is 15.6 Å². The van der Waals surface area contributed by atoms with Gasteiger partial charge in [-0.3, -0.25) is 0 Å². The van der Waals surface area contributed by atoms with Crippen molar-refractivity contribution in [1.29, 1.82) is 0 Å². The summed E-state index contributed by atoms with van der Waals surface area (Å²) in [7, 11) is -3.53. The molecule has 0 spiro atoms. The summed E-state index contributed by atoms with van der Waals surface area (Å²) in [5.74, 6) is 0.310. The number of nitrogens with one attached hydrogen (secondary N) is 1. The number of aryl methyl sites for hydroxylation is 1. The molecule has 19 heavy (non-hydrogen) atoms. The van der Waals surface area contributed by atoms with Crippen LogP contribution in [0.3, 0.4) is 0 Å². The molecule has 108 valence electrons. The quantitative estimate of drug-likeness (QED) is 0.843. The molecule has 0 radical (unpaired) electrons. The molecule has 1 fully saturated rings. The molecule has 1 aromatic rings. The smallest absolute Gasteiger partial charge is 0.206 e. The molecule has 1 aliphatic rings. The lowest BCUT2D eigenvalue weighted by atomic mass is 9.84. The van der Waals surface area contributed by atoms with Crippen LogP contribution < -0.4 is 4.72 Å². The van der Waals surface area contributed by atoms with E-state index in [1.165, 1.54) is 0 Å². The van der Waals surface area contributed by atoms with Gasteiger partial charge in [-0.15, -0.1) is 22.9 Å². The SMILES string of the molecule is Cc1cc(S(=O)(=O)NC2(CCl)CCCCC2)sc1Cl. The molecule has 0 atom stereocenters. The van der Waals surface area contributed by atoms with Crippen LogP contribution in [0.5, 0.6) is 0 Å². The summed E-state index contributed by atoms with van der Waals surface area (Å²) in [6.07, 6.45) is 4.77. The van der Waals surface area contributed by atoms with Gasteiger partial charge in [-0.1, -0.05) is 30.9 Å². The van der Waals surface area contributed by atoms with Gasteiger partial charge < -0.3 is 0 Å². The van der Waals surface area contributed by atoms with Gasteiger partial charge in [0, 0.05) is 11.4 Å². The van der Waals surface area contributed by atoms with Crippen LogP contribution in [0, 0.1) is 6.92 Å². The largest absolute Gasteiger partial charge is 0.250 e. The normalized spacial score (nSPS) is 19.5. The highest BCUT2D eigenvalue weighted by molar-refractivity contribution is 7.91. The molecule has 0 amide bonds. The Morgan fingerprint density at radius 3 is 2.47 bits per heavy atom. The lowest BCUT2D eigenvalue weighted by Crippen LogP contribution is -2.50. The number of thiophene rings is 1. The molecule has 2 rings (SSSR count). The molecular weight excluding hydrogens is 325 g/mol. The summed E-state index contributed by atoms with van der Waals surface area (Å²) in [6.45, 7) is 1.80. The van der Waals surface area contributed by atoms with E-state index >= 15 is 0 Å². The van der Waals surface area contributed by atoms with Crippen LogP contribution in [0.15, 0.2) is 10.3 Å². The summed E-state index contributed by atoms with van der Waals surface area (Å²) in [6, 6.07) is 1.61. The molecule has 0 aromatic carbocycles. The zero-order valence-corrected chi connectivity index (χ0v) is 13.9. The lowest BCUT2D eigenvalue weighted by Gasteiger charge is -2.35. The predicted octanol–water partition coefficient (Wildman–Crippen LogP) is 3.93. The number of hydrogen-bond donors (Lipinski definition) is 1. The number of alkyl halides is 1. The third-order valence-electron chi connectivity index (χ3n) is 3.52. The Morgan fingerprint density at radius 2 is 2.00 bits per heavy atom. The summed E-state index contributed by atoms with van der Waals surface area (Å²) in [5.41, 5.74) is 0.291. The Bertz CT molecular complexity index is 529. The van der Waals surface area contributed by atoms with E-state index in [0.29, 0.717) is 10.2 Å². The highest BCUT2D eigenvalue weighted by Gasteiger charge is 2.36. The van der Waals surface area contributed by atoms with Crippen molar-refractivity contribution >= 4 is 44.6 Å². The Balaban J connectivity index is 2.24. The average molecular weight is 342 g/mol. The van der Waals surface area contributed by atoms with Crippen molar-refractivity contribution in [2.75, 3.05) is 5.88 Å². The van der Waals surface area contributed by atoms with Crippen molar-refractivity contribution in [3.05, 3.63) is 16.0 Å². The summed E-state index contributed by atoms with van der Waals surface area (Å²) >= 11 is 13.1. The van der Waals surface area contributed by atoms with E-state index in [1.54, 1.807) is 13.0 Å². The van der Waals surface area contributed by atoms with Gasteiger partial charge >= 0.3 is 0 Å². The molecule has 1 aliphatic carbocycles. The summed E-state index contributed by atoms with van der Waals surface area (Å²) in [4.78, 5) is 0. The Labute approximate surface area is 128 Å². The fraction of sp³-hybridized carbons (Fsp3) is 0.667. The molecule has 7 heteroatoms. The zero-order chi connectivity index (χ0) is 14.1. The fourth-order valence-corrected chi connectivity index (χ4v) is 5.97. The maximum atomic E-state index is 12.4. The lowest BCUT2D eigenvalue weighted by molar-refractivity contribution is 0.298. The maximum absolute atomic E-state index is 12.4. The van der Waals surface area contributed by atoms with E-state index in [1.807, 2.05) is 0 Å². The average Bonchev–Trinajstić information content (AvgIpc) is 2.71. The van der Waals surface area contributed by atoms with Gasteiger partial charge in [0.15, 0.2) is 0 Å². The molecule has 0 bridgehead atoms.